The summed E-state index contributed by atoms with van der Waals surface area (Å²) >= 11 is 0. The van der Waals surface area contributed by atoms with Crippen LogP contribution in [0.5, 0.6) is 0 Å². The van der Waals surface area contributed by atoms with Crippen LogP contribution in [0, 0.1) is 0 Å². The molecule has 1 aliphatic rings. The molecule has 110 valence electrons. The molecule has 1 amide bonds. The Labute approximate surface area is 117 Å². The second kappa shape index (κ2) is 7.63. The van der Waals surface area contributed by atoms with E-state index >= 15 is 0 Å². The summed E-state index contributed by atoms with van der Waals surface area (Å²) in [7, 11) is 0. The van der Waals surface area contributed by atoms with Crippen molar-refractivity contribution in [1.82, 2.24) is 9.80 Å². The van der Waals surface area contributed by atoms with Gasteiger partial charge in [-0.1, -0.05) is 0 Å². The second-order valence-corrected chi connectivity index (χ2v) is 5.99. The first-order chi connectivity index (χ1) is 8.91. The van der Waals surface area contributed by atoms with Crippen LogP contribution in [0.15, 0.2) is 0 Å². The van der Waals surface area contributed by atoms with Gasteiger partial charge in [-0.2, -0.15) is 0 Å². The maximum absolute atomic E-state index is 11.9. The Morgan fingerprint density at radius 2 is 1.89 bits per heavy atom. The largest absolute Gasteiger partial charge is 0.335 e. The normalized spacial score (nSPS) is 16.2. The lowest BCUT2D eigenvalue weighted by Gasteiger charge is -2.30. The summed E-state index contributed by atoms with van der Waals surface area (Å²) in [5.74, 6) is 0.335. The van der Waals surface area contributed by atoms with Gasteiger partial charge in [-0.25, -0.2) is 0 Å². The van der Waals surface area contributed by atoms with Crippen LogP contribution in [0.25, 0.3) is 0 Å². The molecule has 0 atom stereocenters. The maximum atomic E-state index is 11.9. The highest BCUT2D eigenvalue weighted by Gasteiger charge is 2.22. The molecule has 0 radical (unpaired) electrons. The van der Waals surface area contributed by atoms with Crippen molar-refractivity contribution < 1.29 is 9.59 Å². The first kappa shape index (κ1) is 16.2. The summed E-state index contributed by atoms with van der Waals surface area (Å²) in [6.45, 7) is 10.8. The number of rotatable bonds is 8. The van der Waals surface area contributed by atoms with Gasteiger partial charge >= 0.3 is 0 Å². The molecule has 0 unspecified atom stereocenters. The molecule has 0 aliphatic carbocycles. The molecule has 1 aliphatic heterocycles. The molecule has 0 aromatic rings. The van der Waals surface area contributed by atoms with E-state index < -0.39 is 0 Å². The molecule has 0 aromatic carbocycles. The number of carbonyl (C=O) groups is 2. The van der Waals surface area contributed by atoms with Gasteiger partial charge in [-0.3, -0.25) is 14.5 Å². The fourth-order valence-electron chi connectivity index (χ4n) is 2.73. The molecule has 0 saturated carbocycles. The van der Waals surface area contributed by atoms with Crippen molar-refractivity contribution in [1.29, 1.82) is 0 Å². The molecule has 1 saturated heterocycles. The fraction of sp³-hybridized carbons (Fsp3) is 0.867. The molecular weight excluding hydrogens is 240 g/mol. The van der Waals surface area contributed by atoms with E-state index in [1.807, 2.05) is 0 Å². The summed E-state index contributed by atoms with van der Waals surface area (Å²) in [4.78, 5) is 27.4. The molecule has 0 aromatic heterocycles. The number of amides is 1. The van der Waals surface area contributed by atoms with Crippen molar-refractivity contribution in [2.24, 2.45) is 0 Å². The van der Waals surface area contributed by atoms with Crippen molar-refractivity contribution in [3.8, 4) is 0 Å². The van der Waals surface area contributed by atoms with Crippen molar-refractivity contribution in [2.45, 2.75) is 65.5 Å². The third kappa shape index (κ3) is 5.31. The molecule has 0 bridgehead atoms. The molecule has 4 heteroatoms. The van der Waals surface area contributed by atoms with Crippen LogP contribution in [0.1, 0.15) is 53.4 Å². The zero-order valence-corrected chi connectivity index (χ0v) is 12.8. The Morgan fingerprint density at radius 1 is 1.26 bits per heavy atom. The molecule has 1 fully saturated rings. The minimum absolute atomic E-state index is 0.138. The van der Waals surface area contributed by atoms with Gasteiger partial charge in [-0.15, -0.1) is 0 Å². The molecule has 1 rings (SSSR count). The molecule has 19 heavy (non-hydrogen) atoms. The van der Waals surface area contributed by atoms with Crippen LogP contribution >= 0.6 is 0 Å². The zero-order chi connectivity index (χ0) is 14.4. The summed E-state index contributed by atoms with van der Waals surface area (Å²) in [5.41, 5.74) is 0. The van der Waals surface area contributed by atoms with Gasteiger partial charge in [0.25, 0.3) is 0 Å². The second-order valence-electron chi connectivity index (χ2n) is 5.99. The first-order valence-electron chi connectivity index (χ1n) is 7.47. The summed E-state index contributed by atoms with van der Waals surface area (Å²) < 4.78 is 0. The van der Waals surface area contributed by atoms with Crippen LogP contribution < -0.4 is 0 Å². The van der Waals surface area contributed by atoms with Gasteiger partial charge in [0, 0.05) is 31.5 Å². The Bertz CT molecular complexity index is 305. The van der Waals surface area contributed by atoms with Gasteiger partial charge in [-0.05, 0) is 47.1 Å². The van der Waals surface area contributed by atoms with E-state index in [0.29, 0.717) is 31.5 Å². The zero-order valence-electron chi connectivity index (χ0n) is 12.8. The van der Waals surface area contributed by atoms with Crippen molar-refractivity contribution in [3.63, 3.8) is 0 Å². The number of hydrogen-bond donors (Lipinski definition) is 0. The lowest BCUT2D eigenvalue weighted by atomic mass is 10.1. The Morgan fingerprint density at radius 3 is 2.37 bits per heavy atom. The fourth-order valence-corrected chi connectivity index (χ4v) is 2.73. The van der Waals surface area contributed by atoms with Crippen molar-refractivity contribution in [2.75, 3.05) is 19.6 Å². The molecular formula is C15H28N2O2. The minimum Gasteiger partial charge on any atom is -0.335 e. The van der Waals surface area contributed by atoms with Crippen LogP contribution in [0.4, 0.5) is 0 Å². The number of Topliss-reactive ketones (excluding diaryl/α,β-unsaturated/α-hetero) is 1. The topological polar surface area (TPSA) is 40.6 Å². The first-order valence-corrected chi connectivity index (χ1v) is 7.47. The number of hydrogen-bond acceptors (Lipinski definition) is 3. The predicted molar refractivity (Wildman–Crippen MR) is 77.0 cm³/mol. The van der Waals surface area contributed by atoms with Crippen LogP contribution in [0.2, 0.25) is 0 Å². The molecule has 0 spiro atoms. The third-order valence-corrected chi connectivity index (χ3v) is 3.74. The highest BCUT2D eigenvalue weighted by molar-refractivity contribution is 5.86. The van der Waals surface area contributed by atoms with Crippen LogP contribution in [-0.4, -0.2) is 53.2 Å². The van der Waals surface area contributed by atoms with E-state index in [2.05, 4.69) is 32.6 Å². The molecule has 0 N–H and O–H groups in total. The SMILES string of the molecule is CC(C)N(CCCC(=O)CN1CCCC1=O)C(C)C. The van der Waals surface area contributed by atoms with Gasteiger partial charge in [0.2, 0.25) is 5.91 Å². The quantitative estimate of drug-likeness (QED) is 0.676. The number of nitrogens with zero attached hydrogens (tertiary/aromatic N) is 2. The molecule has 1 heterocycles. The highest BCUT2D eigenvalue weighted by Crippen LogP contribution is 2.11. The Hall–Kier alpha value is -0.900. The lowest BCUT2D eigenvalue weighted by molar-refractivity contribution is -0.132. The van der Waals surface area contributed by atoms with Crippen LogP contribution in [0.3, 0.4) is 0 Å². The Balaban J connectivity index is 2.24. The van der Waals surface area contributed by atoms with Crippen molar-refractivity contribution >= 4 is 11.7 Å². The summed E-state index contributed by atoms with van der Waals surface area (Å²) in [6, 6.07) is 1.02. The van der Waals surface area contributed by atoms with Gasteiger partial charge < -0.3 is 4.90 Å². The van der Waals surface area contributed by atoms with Crippen molar-refractivity contribution in [3.05, 3.63) is 0 Å². The van der Waals surface area contributed by atoms with Gasteiger partial charge in [0.1, 0.15) is 0 Å². The third-order valence-electron chi connectivity index (χ3n) is 3.74. The lowest BCUT2D eigenvalue weighted by Crippen LogP contribution is -2.38. The maximum Gasteiger partial charge on any atom is 0.223 e. The van der Waals surface area contributed by atoms with E-state index in [1.165, 1.54) is 0 Å². The van der Waals surface area contributed by atoms with Gasteiger partial charge in [0.05, 0.1) is 6.54 Å². The van der Waals surface area contributed by atoms with Crippen LogP contribution in [-0.2, 0) is 9.59 Å². The highest BCUT2D eigenvalue weighted by atomic mass is 16.2. The predicted octanol–water partition coefficient (Wildman–Crippen LogP) is 2.08. The monoisotopic (exact) mass is 268 g/mol. The van der Waals surface area contributed by atoms with Gasteiger partial charge in [0.15, 0.2) is 5.78 Å². The summed E-state index contributed by atoms with van der Waals surface area (Å²) in [5, 5.41) is 0. The number of ketones is 1. The minimum atomic E-state index is 0.138. The molecule has 4 nitrogen and oxygen atoms in total. The van der Waals surface area contributed by atoms with E-state index in [1.54, 1.807) is 4.90 Å². The standard InChI is InChI=1S/C15H28N2O2/c1-12(2)17(13(3)4)10-5-7-14(18)11-16-9-6-8-15(16)19/h12-13H,5-11H2,1-4H3. The van der Waals surface area contributed by atoms with E-state index in [-0.39, 0.29) is 11.7 Å². The number of carbonyl (C=O) groups excluding carboxylic acids is 2. The average Bonchev–Trinajstić information content (AvgIpc) is 2.69. The smallest absolute Gasteiger partial charge is 0.223 e. The van der Waals surface area contributed by atoms with E-state index in [4.69, 9.17) is 0 Å². The van der Waals surface area contributed by atoms with E-state index in [9.17, 15) is 9.59 Å². The average molecular weight is 268 g/mol. The Kier molecular flexibility index (Phi) is 6.49. The number of likely N-dealkylation sites (tertiary alicyclic amines) is 1. The summed E-state index contributed by atoms with van der Waals surface area (Å²) in [6.07, 6.45) is 2.99. The van der Waals surface area contributed by atoms with E-state index in [0.717, 1.165) is 25.9 Å².